The van der Waals surface area contributed by atoms with Crippen LogP contribution in [-0.2, 0) is 9.47 Å². The van der Waals surface area contributed by atoms with Crippen LogP contribution in [0.1, 0.15) is 85.0 Å². The van der Waals surface area contributed by atoms with Crippen LogP contribution in [-0.4, -0.2) is 66.2 Å². The van der Waals surface area contributed by atoms with Gasteiger partial charge in [0.05, 0.1) is 29.8 Å². The number of likely N-dealkylation sites (tertiary alicyclic amines) is 1. The zero-order valence-corrected chi connectivity index (χ0v) is 28.3. The molecule has 0 aliphatic carbocycles. The van der Waals surface area contributed by atoms with Crippen molar-refractivity contribution in [3.63, 3.8) is 0 Å². The van der Waals surface area contributed by atoms with Crippen LogP contribution in [0.25, 0.3) is 33.6 Å². The minimum Gasteiger partial charge on any atom is -0.444 e. The molecule has 0 radical (unpaired) electrons. The van der Waals surface area contributed by atoms with Gasteiger partial charge in [0.1, 0.15) is 28.9 Å². The molecule has 2 aromatic heterocycles. The SMILES string of the molecule is CC1=C[C@@H](c2ncc(-c3ccc(-c4ccc(-c5cnc([C@@H]6CCCN6C(=O)OC(C)(C)C)[nH]5)cc4)cc3)[nH]2)N(C(=O)OC(C)(C)C)C1. The van der Waals surface area contributed by atoms with Gasteiger partial charge in [-0.25, -0.2) is 19.6 Å². The standard InChI is InChI=1S/C37H44N6O4/c1-23-19-31(43(22-23)35(45)47-37(5,6)7)33-39-21-29(41-33)27-16-12-25(13-17-27)24-10-14-26(15-11-24)28-20-38-32(40-28)30-9-8-18-42(30)34(44)46-36(2,3)4/h10-17,19-21,30-31H,8-9,18,22H2,1-7H3,(H,38,40)(H,39,41)/t30-,31-/m0/s1. The van der Waals surface area contributed by atoms with Crippen molar-refractivity contribution in [3.05, 3.63) is 84.2 Å². The molecule has 2 amide bonds. The summed E-state index contributed by atoms with van der Waals surface area (Å²) in [7, 11) is 0. The van der Waals surface area contributed by atoms with Crippen molar-refractivity contribution < 1.29 is 19.1 Å². The van der Waals surface area contributed by atoms with Gasteiger partial charge in [-0.05, 0) is 83.6 Å². The number of amides is 2. The number of carbonyl (C=O) groups is 2. The van der Waals surface area contributed by atoms with Gasteiger partial charge in [0, 0.05) is 13.1 Å². The van der Waals surface area contributed by atoms with Gasteiger partial charge < -0.3 is 19.4 Å². The van der Waals surface area contributed by atoms with Crippen molar-refractivity contribution in [1.82, 2.24) is 29.7 Å². The van der Waals surface area contributed by atoms with Crippen LogP contribution in [0.15, 0.2) is 72.6 Å². The minimum atomic E-state index is -0.570. The molecule has 0 saturated carbocycles. The average Bonchev–Trinajstić information content (AvgIpc) is 3.81. The first-order chi connectivity index (χ1) is 22.2. The van der Waals surface area contributed by atoms with Crippen LogP contribution in [0.2, 0.25) is 0 Å². The Morgan fingerprint density at radius 3 is 1.72 bits per heavy atom. The van der Waals surface area contributed by atoms with E-state index in [0.717, 1.165) is 57.9 Å². The Kier molecular flexibility index (Phi) is 8.46. The number of imidazole rings is 2. The molecule has 10 heteroatoms. The van der Waals surface area contributed by atoms with E-state index in [1.165, 1.54) is 0 Å². The van der Waals surface area contributed by atoms with E-state index in [0.29, 0.717) is 18.9 Å². The number of hydrogen-bond acceptors (Lipinski definition) is 6. The van der Waals surface area contributed by atoms with E-state index in [9.17, 15) is 9.59 Å². The summed E-state index contributed by atoms with van der Waals surface area (Å²) in [5.74, 6) is 1.48. The van der Waals surface area contributed by atoms with Crippen LogP contribution in [0.4, 0.5) is 9.59 Å². The van der Waals surface area contributed by atoms with Crippen molar-refractivity contribution in [2.75, 3.05) is 13.1 Å². The van der Waals surface area contributed by atoms with Gasteiger partial charge in [0.2, 0.25) is 0 Å². The van der Waals surface area contributed by atoms with Crippen molar-refractivity contribution in [2.24, 2.45) is 0 Å². The van der Waals surface area contributed by atoms with Gasteiger partial charge in [-0.3, -0.25) is 9.80 Å². The molecule has 246 valence electrons. The molecular weight excluding hydrogens is 592 g/mol. The smallest absolute Gasteiger partial charge is 0.411 e. The van der Waals surface area contributed by atoms with Crippen molar-refractivity contribution >= 4 is 12.2 Å². The second kappa shape index (κ2) is 12.4. The van der Waals surface area contributed by atoms with Crippen LogP contribution in [0.5, 0.6) is 0 Å². The van der Waals surface area contributed by atoms with E-state index in [1.807, 2.05) is 60.9 Å². The molecule has 2 N–H and O–H groups in total. The van der Waals surface area contributed by atoms with Crippen LogP contribution < -0.4 is 0 Å². The molecule has 0 unspecified atom stereocenters. The third-order valence-electron chi connectivity index (χ3n) is 8.22. The predicted octanol–water partition coefficient (Wildman–Crippen LogP) is 8.44. The van der Waals surface area contributed by atoms with Gasteiger partial charge in [-0.15, -0.1) is 0 Å². The van der Waals surface area contributed by atoms with E-state index in [2.05, 4.69) is 74.5 Å². The summed E-state index contributed by atoms with van der Waals surface area (Å²) >= 11 is 0. The molecule has 47 heavy (non-hydrogen) atoms. The van der Waals surface area contributed by atoms with Gasteiger partial charge in [-0.1, -0.05) is 60.2 Å². The Morgan fingerprint density at radius 2 is 1.19 bits per heavy atom. The molecule has 2 aromatic carbocycles. The number of H-pyrrole nitrogens is 2. The van der Waals surface area contributed by atoms with Crippen molar-refractivity contribution in [2.45, 2.75) is 84.6 Å². The first kappa shape index (κ1) is 32.1. The summed E-state index contributed by atoms with van der Waals surface area (Å²) in [4.78, 5) is 45.3. The minimum absolute atomic E-state index is 0.120. The third-order valence-corrected chi connectivity index (χ3v) is 8.22. The molecule has 0 bridgehead atoms. The van der Waals surface area contributed by atoms with Gasteiger partial charge in [-0.2, -0.15) is 0 Å². The number of rotatable bonds is 5. The summed E-state index contributed by atoms with van der Waals surface area (Å²) in [5, 5.41) is 0. The normalized spacial score (nSPS) is 18.4. The summed E-state index contributed by atoms with van der Waals surface area (Å²) in [6.07, 6.45) is 6.81. The summed E-state index contributed by atoms with van der Waals surface area (Å²) in [6, 6.07) is 16.3. The summed E-state index contributed by atoms with van der Waals surface area (Å²) < 4.78 is 11.3. The maximum atomic E-state index is 12.9. The fourth-order valence-corrected chi connectivity index (χ4v) is 6.07. The number of carbonyl (C=O) groups excluding carboxylic acids is 2. The molecule has 2 atom stereocenters. The monoisotopic (exact) mass is 636 g/mol. The number of ether oxygens (including phenoxy) is 2. The second-order valence-electron chi connectivity index (χ2n) is 14.4. The third kappa shape index (κ3) is 7.26. The van der Waals surface area contributed by atoms with Gasteiger partial charge >= 0.3 is 12.2 Å². The highest BCUT2D eigenvalue weighted by atomic mass is 16.6. The molecule has 2 aliphatic heterocycles. The number of nitrogens with zero attached hydrogens (tertiary/aromatic N) is 4. The Bertz CT molecular complexity index is 1770. The molecule has 4 aromatic rings. The molecule has 0 spiro atoms. The predicted molar refractivity (Wildman–Crippen MR) is 181 cm³/mol. The molecule has 2 aliphatic rings. The topological polar surface area (TPSA) is 116 Å². The highest BCUT2D eigenvalue weighted by Crippen LogP contribution is 2.34. The van der Waals surface area contributed by atoms with Crippen LogP contribution in [0.3, 0.4) is 0 Å². The maximum Gasteiger partial charge on any atom is 0.411 e. The first-order valence-corrected chi connectivity index (χ1v) is 16.2. The summed E-state index contributed by atoms with van der Waals surface area (Å²) in [5.41, 5.74) is 5.99. The van der Waals surface area contributed by atoms with E-state index < -0.39 is 11.2 Å². The fraction of sp³-hybridized carbons (Fsp3) is 0.405. The fourth-order valence-electron chi connectivity index (χ4n) is 6.07. The lowest BCUT2D eigenvalue weighted by Gasteiger charge is -2.27. The molecule has 10 nitrogen and oxygen atoms in total. The number of aromatic nitrogens is 4. The molecule has 1 fully saturated rings. The Morgan fingerprint density at radius 1 is 0.723 bits per heavy atom. The maximum absolute atomic E-state index is 12.9. The number of nitrogens with one attached hydrogen (secondary N) is 2. The lowest BCUT2D eigenvalue weighted by atomic mass is 10.0. The zero-order valence-electron chi connectivity index (χ0n) is 28.3. The lowest BCUT2D eigenvalue weighted by Crippen LogP contribution is -2.37. The van der Waals surface area contributed by atoms with E-state index in [1.54, 1.807) is 9.80 Å². The van der Waals surface area contributed by atoms with Gasteiger partial charge in [0.15, 0.2) is 0 Å². The van der Waals surface area contributed by atoms with Crippen LogP contribution in [0, 0.1) is 0 Å². The molecule has 4 heterocycles. The Hall–Kier alpha value is -4.86. The first-order valence-electron chi connectivity index (χ1n) is 16.2. The van der Waals surface area contributed by atoms with Crippen LogP contribution >= 0.6 is 0 Å². The number of benzene rings is 2. The highest BCUT2D eigenvalue weighted by Gasteiger charge is 2.35. The molecule has 6 rings (SSSR count). The Labute approximate surface area is 276 Å². The molecular formula is C37H44N6O4. The van der Waals surface area contributed by atoms with Gasteiger partial charge in [0.25, 0.3) is 0 Å². The Balaban J connectivity index is 1.12. The summed E-state index contributed by atoms with van der Waals surface area (Å²) in [6.45, 7) is 14.4. The second-order valence-corrected chi connectivity index (χ2v) is 14.4. The van der Waals surface area contributed by atoms with E-state index >= 15 is 0 Å². The number of hydrogen-bond donors (Lipinski definition) is 2. The quantitative estimate of drug-likeness (QED) is 0.212. The lowest BCUT2D eigenvalue weighted by molar-refractivity contribution is 0.0213. The van der Waals surface area contributed by atoms with E-state index in [4.69, 9.17) is 9.47 Å². The molecule has 1 saturated heterocycles. The number of aromatic amines is 2. The highest BCUT2D eigenvalue weighted by molar-refractivity contribution is 5.73. The van der Waals surface area contributed by atoms with Crippen molar-refractivity contribution in [1.29, 1.82) is 0 Å². The largest absolute Gasteiger partial charge is 0.444 e. The zero-order chi connectivity index (χ0) is 33.5. The van der Waals surface area contributed by atoms with E-state index in [-0.39, 0.29) is 24.3 Å². The van der Waals surface area contributed by atoms with Crippen molar-refractivity contribution in [3.8, 4) is 33.6 Å². The average molecular weight is 637 g/mol.